The minimum Gasteiger partial charge on any atom is -0.598 e. The van der Waals surface area contributed by atoms with Gasteiger partial charge in [-0.2, -0.15) is 0 Å². The summed E-state index contributed by atoms with van der Waals surface area (Å²) in [7, 11) is 0. The van der Waals surface area contributed by atoms with Gasteiger partial charge in [0.2, 0.25) is 0 Å². The van der Waals surface area contributed by atoms with E-state index in [2.05, 4.69) is 9.71 Å². The molecule has 0 aliphatic carbocycles. The van der Waals surface area contributed by atoms with Crippen LogP contribution in [0.3, 0.4) is 0 Å². The quantitative estimate of drug-likeness (QED) is 0.791. The monoisotopic (exact) mass is 374 g/mol. The van der Waals surface area contributed by atoms with Crippen LogP contribution in [-0.2, 0) is 11.4 Å². The summed E-state index contributed by atoms with van der Waals surface area (Å²) in [6.45, 7) is 5.59. The third-order valence-corrected chi connectivity index (χ3v) is 5.18. The first-order valence-corrected chi connectivity index (χ1v) is 8.82. The number of nitrogens with zero attached hydrogens (tertiary/aromatic N) is 1. The van der Waals surface area contributed by atoms with Gasteiger partial charge in [-0.25, -0.2) is 4.39 Å². The molecular weight excluding hydrogens is 358 g/mol. The minimum atomic E-state index is -1.34. The Hall–Kier alpha value is -0.850. The number of hydrogen-bond acceptors (Lipinski definition) is 3. The van der Waals surface area contributed by atoms with Crippen LogP contribution in [0.5, 0.6) is 0 Å². The molecule has 0 bridgehead atoms. The summed E-state index contributed by atoms with van der Waals surface area (Å²) in [6.07, 6.45) is 3.14. The average molecular weight is 375 g/mol. The molecule has 23 heavy (non-hydrogen) atoms. The van der Waals surface area contributed by atoms with E-state index in [1.165, 1.54) is 18.3 Å². The van der Waals surface area contributed by atoms with Crippen molar-refractivity contribution < 1.29 is 8.94 Å². The third kappa shape index (κ3) is 4.81. The van der Waals surface area contributed by atoms with Crippen LogP contribution in [0.2, 0.25) is 10.0 Å². The number of aromatic nitrogens is 1. The van der Waals surface area contributed by atoms with Crippen LogP contribution in [0.15, 0.2) is 36.7 Å². The molecule has 0 fully saturated rings. The topological polar surface area (TPSA) is 48.0 Å². The van der Waals surface area contributed by atoms with Crippen LogP contribution in [-0.4, -0.2) is 14.3 Å². The van der Waals surface area contributed by atoms with Crippen LogP contribution in [0.25, 0.3) is 0 Å². The second kappa shape index (κ2) is 7.36. The highest BCUT2D eigenvalue weighted by atomic mass is 35.5. The van der Waals surface area contributed by atoms with E-state index >= 15 is 0 Å². The smallest absolute Gasteiger partial charge is 0.141 e. The highest BCUT2D eigenvalue weighted by molar-refractivity contribution is 7.90. The van der Waals surface area contributed by atoms with Crippen LogP contribution < -0.4 is 4.72 Å². The zero-order chi connectivity index (χ0) is 17.2. The Bertz CT molecular complexity index is 694. The Morgan fingerprint density at radius 3 is 2.43 bits per heavy atom. The molecule has 2 atom stereocenters. The molecule has 124 valence electrons. The number of benzene rings is 1. The molecule has 1 N–H and O–H groups in total. The normalized spacial score (nSPS) is 14.6. The fourth-order valence-electron chi connectivity index (χ4n) is 1.89. The van der Waals surface area contributed by atoms with Crippen molar-refractivity contribution in [3.05, 3.63) is 63.6 Å². The fraction of sp³-hybridized carbons (Fsp3) is 0.312. The van der Waals surface area contributed by atoms with Gasteiger partial charge in [-0.15, -0.1) is 4.72 Å². The highest BCUT2D eigenvalue weighted by Gasteiger charge is 2.31. The summed E-state index contributed by atoms with van der Waals surface area (Å²) < 4.78 is 28.5. The lowest BCUT2D eigenvalue weighted by Crippen LogP contribution is -2.41. The first-order valence-electron chi connectivity index (χ1n) is 6.92. The number of halogens is 3. The van der Waals surface area contributed by atoms with Crippen LogP contribution >= 0.6 is 23.2 Å². The number of hydrogen-bond donors (Lipinski definition) is 1. The van der Waals surface area contributed by atoms with E-state index in [0.717, 1.165) is 5.56 Å². The summed E-state index contributed by atoms with van der Waals surface area (Å²) >= 11 is 10.5. The molecule has 3 nitrogen and oxygen atoms in total. The van der Waals surface area contributed by atoms with E-state index < -0.39 is 28.0 Å². The van der Waals surface area contributed by atoms with Crippen molar-refractivity contribution in [3.63, 3.8) is 0 Å². The molecular formula is C16H17Cl2FN2OS. The van der Waals surface area contributed by atoms with Crippen molar-refractivity contribution >= 4 is 34.6 Å². The average Bonchev–Trinajstić information content (AvgIpc) is 2.46. The predicted molar refractivity (Wildman–Crippen MR) is 93.5 cm³/mol. The van der Waals surface area contributed by atoms with Gasteiger partial charge in [0.1, 0.15) is 16.6 Å². The van der Waals surface area contributed by atoms with Crippen molar-refractivity contribution in [1.82, 2.24) is 9.71 Å². The zero-order valence-electron chi connectivity index (χ0n) is 12.9. The summed E-state index contributed by atoms with van der Waals surface area (Å²) in [5.74, 6) is -0.504. The van der Waals surface area contributed by atoms with E-state index in [0.29, 0.717) is 10.6 Å². The van der Waals surface area contributed by atoms with E-state index in [9.17, 15) is 8.94 Å². The van der Waals surface area contributed by atoms with Crippen molar-refractivity contribution in [2.45, 2.75) is 31.6 Å². The van der Waals surface area contributed by atoms with Gasteiger partial charge in [0, 0.05) is 23.8 Å². The molecule has 1 heterocycles. The molecule has 0 aliphatic rings. The van der Waals surface area contributed by atoms with Crippen LogP contribution in [0.4, 0.5) is 4.39 Å². The van der Waals surface area contributed by atoms with E-state index in [1.54, 1.807) is 18.3 Å². The Morgan fingerprint density at radius 2 is 1.87 bits per heavy atom. The van der Waals surface area contributed by atoms with E-state index in [1.807, 2.05) is 20.8 Å². The van der Waals surface area contributed by atoms with Gasteiger partial charge in [0.05, 0.1) is 10.0 Å². The van der Waals surface area contributed by atoms with Gasteiger partial charge in [-0.1, -0.05) is 29.3 Å². The number of nitrogens with one attached hydrogen (secondary N) is 1. The standard InChI is InChI=1S/C16H17Cl2FN2OS/c1-16(2,3)23(22)21-15(11-6-12(17)9-20-8-11)10-4-5-14(19)13(18)7-10/h4-9,15,21H,1-3H3/t15-,23-/m1/s1. The van der Waals surface area contributed by atoms with Crippen molar-refractivity contribution in [1.29, 1.82) is 0 Å². The Labute approximate surface area is 148 Å². The van der Waals surface area contributed by atoms with Gasteiger partial charge in [-0.05, 0) is 50.1 Å². The summed E-state index contributed by atoms with van der Waals surface area (Å²) in [6, 6.07) is 5.64. The first-order chi connectivity index (χ1) is 10.7. The van der Waals surface area contributed by atoms with Crippen LogP contribution in [0, 0.1) is 5.82 Å². The van der Waals surface area contributed by atoms with E-state index in [4.69, 9.17) is 23.2 Å². The van der Waals surface area contributed by atoms with Crippen molar-refractivity contribution in [2.75, 3.05) is 0 Å². The Kier molecular flexibility index (Phi) is 5.92. The molecule has 0 amide bonds. The van der Waals surface area contributed by atoms with Gasteiger partial charge >= 0.3 is 0 Å². The summed E-state index contributed by atoms with van der Waals surface area (Å²) in [5, 5.41) is 0.467. The zero-order valence-corrected chi connectivity index (χ0v) is 15.3. The molecule has 2 rings (SSSR count). The second-order valence-corrected chi connectivity index (χ2v) is 8.88. The van der Waals surface area contributed by atoms with Crippen molar-refractivity contribution in [3.8, 4) is 0 Å². The van der Waals surface area contributed by atoms with Gasteiger partial charge in [0.25, 0.3) is 0 Å². The lowest BCUT2D eigenvalue weighted by Gasteiger charge is -2.28. The number of pyridine rings is 1. The predicted octanol–water partition coefficient (Wildman–Crippen LogP) is 4.67. The van der Waals surface area contributed by atoms with Crippen molar-refractivity contribution in [2.24, 2.45) is 0 Å². The van der Waals surface area contributed by atoms with Crippen LogP contribution in [0.1, 0.15) is 37.9 Å². The molecule has 0 aliphatic heterocycles. The van der Waals surface area contributed by atoms with E-state index in [-0.39, 0.29) is 5.02 Å². The molecule has 0 saturated heterocycles. The molecule has 7 heteroatoms. The fourth-order valence-corrected chi connectivity index (χ4v) is 3.10. The minimum absolute atomic E-state index is 0.00540. The molecule has 1 aromatic heterocycles. The second-order valence-electron chi connectivity index (χ2n) is 6.04. The highest BCUT2D eigenvalue weighted by Crippen LogP contribution is 2.29. The molecule has 0 unspecified atom stereocenters. The van der Waals surface area contributed by atoms with Gasteiger partial charge < -0.3 is 4.55 Å². The molecule has 0 radical (unpaired) electrons. The Morgan fingerprint density at radius 1 is 1.17 bits per heavy atom. The SMILES string of the molecule is CC(C)(C)[S@@+]([O-])N[C@@H](c1cncc(Cl)c1)c1ccc(F)c(Cl)c1. The third-order valence-electron chi connectivity index (χ3n) is 3.12. The maximum absolute atomic E-state index is 13.4. The maximum Gasteiger partial charge on any atom is 0.141 e. The maximum atomic E-state index is 13.4. The van der Waals surface area contributed by atoms with Gasteiger partial charge in [0.15, 0.2) is 0 Å². The lowest BCUT2D eigenvalue weighted by atomic mass is 10.0. The molecule has 0 saturated carbocycles. The summed E-state index contributed by atoms with van der Waals surface area (Å²) in [4.78, 5) is 4.06. The molecule has 0 spiro atoms. The molecule has 2 aromatic rings. The lowest BCUT2D eigenvalue weighted by molar-refractivity contribution is 0.535. The Balaban J connectivity index is 2.44. The first kappa shape index (κ1) is 18.5. The number of rotatable bonds is 4. The summed E-state index contributed by atoms with van der Waals surface area (Å²) in [5.41, 5.74) is 1.40. The molecule has 1 aromatic carbocycles. The van der Waals surface area contributed by atoms with Gasteiger partial charge in [-0.3, -0.25) is 4.98 Å². The largest absolute Gasteiger partial charge is 0.598 e.